The largest absolute Gasteiger partial charge is 0.338 e. The number of pyridine rings is 1. The van der Waals surface area contributed by atoms with Gasteiger partial charge in [-0.2, -0.15) is 0 Å². The first-order valence-electron chi connectivity index (χ1n) is 8.07. The molecule has 0 radical (unpaired) electrons. The summed E-state index contributed by atoms with van der Waals surface area (Å²) in [7, 11) is 0. The van der Waals surface area contributed by atoms with E-state index in [1.165, 1.54) is 12.1 Å². The Bertz CT molecular complexity index is 891. The van der Waals surface area contributed by atoms with Crippen LogP contribution in [-0.4, -0.2) is 38.5 Å². The van der Waals surface area contributed by atoms with E-state index in [2.05, 4.69) is 10.2 Å². The monoisotopic (exact) mass is 324 g/mol. The third kappa shape index (κ3) is 2.54. The summed E-state index contributed by atoms with van der Waals surface area (Å²) in [5, 5.41) is 8.49. The van der Waals surface area contributed by atoms with Gasteiger partial charge in [0.2, 0.25) is 0 Å². The Kier molecular flexibility index (Phi) is 3.72. The van der Waals surface area contributed by atoms with Crippen molar-refractivity contribution < 1.29 is 9.18 Å². The van der Waals surface area contributed by atoms with Gasteiger partial charge >= 0.3 is 0 Å². The molecule has 6 heteroatoms. The Morgan fingerprint density at radius 3 is 2.83 bits per heavy atom. The number of nitrogens with zero attached hydrogens (tertiary/aromatic N) is 4. The maximum Gasteiger partial charge on any atom is 0.256 e. The summed E-state index contributed by atoms with van der Waals surface area (Å²) in [5.41, 5.74) is 0.925. The number of rotatable bonds is 2. The van der Waals surface area contributed by atoms with Gasteiger partial charge in [-0.25, -0.2) is 4.39 Å². The van der Waals surface area contributed by atoms with Crippen molar-refractivity contribution in [1.29, 1.82) is 0 Å². The average Bonchev–Trinajstić information content (AvgIpc) is 3.06. The Balaban J connectivity index is 1.60. The summed E-state index contributed by atoms with van der Waals surface area (Å²) in [4.78, 5) is 14.4. The van der Waals surface area contributed by atoms with Crippen molar-refractivity contribution in [3.8, 4) is 0 Å². The van der Waals surface area contributed by atoms with Gasteiger partial charge in [0.25, 0.3) is 5.91 Å². The van der Waals surface area contributed by atoms with Gasteiger partial charge in [-0.05, 0) is 37.1 Å². The molecule has 1 aromatic carbocycles. The third-order valence-corrected chi connectivity index (χ3v) is 4.52. The highest BCUT2D eigenvalue weighted by atomic mass is 19.1. The molecule has 1 atom stereocenters. The SMILES string of the molecule is O=C(c1ccccc1F)N1CCCC(c2nnc3ccccn23)C1. The summed E-state index contributed by atoms with van der Waals surface area (Å²) in [6.07, 6.45) is 3.74. The van der Waals surface area contributed by atoms with Gasteiger partial charge in [0.05, 0.1) is 5.56 Å². The number of hydrogen-bond donors (Lipinski definition) is 0. The molecule has 0 N–H and O–H groups in total. The molecule has 0 spiro atoms. The number of benzene rings is 1. The molecule has 2 aromatic heterocycles. The number of amides is 1. The van der Waals surface area contributed by atoms with E-state index in [4.69, 9.17) is 0 Å². The fourth-order valence-corrected chi connectivity index (χ4v) is 3.32. The minimum absolute atomic E-state index is 0.104. The number of fused-ring (bicyclic) bond motifs is 1. The van der Waals surface area contributed by atoms with Gasteiger partial charge in [0.15, 0.2) is 5.65 Å². The fraction of sp³-hybridized carbons (Fsp3) is 0.278. The van der Waals surface area contributed by atoms with Crippen molar-refractivity contribution in [3.05, 3.63) is 65.9 Å². The number of carbonyl (C=O) groups excluding carboxylic acids is 1. The lowest BCUT2D eigenvalue weighted by Crippen LogP contribution is -2.39. The minimum atomic E-state index is -0.474. The summed E-state index contributed by atoms with van der Waals surface area (Å²) in [6.45, 7) is 1.17. The standard InChI is InChI=1S/C18H17FN4O/c19-15-8-2-1-7-14(15)18(24)22-10-5-6-13(12-22)17-21-20-16-9-3-4-11-23(16)17/h1-4,7-9,11,13H,5-6,10,12H2. The molecule has 5 nitrogen and oxygen atoms in total. The van der Waals surface area contributed by atoms with Crippen LogP contribution in [0.3, 0.4) is 0 Å². The van der Waals surface area contributed by atoms with E-state index < -0.39 is 5.82 Å². The van der Waals surface area contributed by atoms with Gasteiger partial charge in [0.1, 0.15) is 11.6 Å². The zero-order valence-corrected chi connectivity index (χ0v) is 13.1. The van der Waals surface area contributed by atoms with Crippen molar-refractivity contribution in [2.75, 3.05) is 13.1 Å². The first-order valence-corrected chi connectivity index (χ1v) is 8.07. The molecule has 122 valence electrons. The molecule has 0 saturated carbocycles. The number of halogens is 1. The molecule has 1 aliphatic rings. The molecule has 1 amide bonds. The molecule has 0 aliphatic carbocycles. The van der Waals surface area contributed by atoms with Gasteiger partial charge in [-0.1, -0.05) is 18.2 Å². The molecule has 0 bridgehead atoms. The van der Waals surface area contributed by atoms with E-state index >= 15 is 0 Å². The zero-order chi connectivity index (χ0) is 16.5. The second-order valence-corrected chi connectivity index (χ2v) is 6.06. The average molecular weight is 324 g/mol. The second-order valence-electron chi connectivity index (χ2n) is 6.06. The summed E-state index contributed by atoms with van der Waals surface area (Å²) in [5.74, 6) is 0.229. The van der Waals surface area contributed by atoms with Crippen LogP contribution < -0.4 is 0 Å². The van der Waals surface area contributed by atoms with Gasteiger partial charge < -0.3 is 4.90 Å². The van der Waals surface area contributed by atoms with Crippen LogP contribution in [0.25, 0.3) is 5.65 Å². The molecule has 1 saturated heterocycles. The molecule has 24 heavy (non-hydrogen) atoms. The van der Waals surface area contributed by atoms with Crippen molar-refractivity contribution in [2.45, 2.75) is 18.8 Å². The van der Waals surface area contributed by atoms with Crippen molar-refractivity contribution in [1.82, 2.24) is 19.5 Å². The summed E-state index contributed by atoms with van der Waals surface area (Å²) < 4.78 is 15.9. The van der Waals surface area contributed by atoms with Crippen LogP contribution in [0.4, 0.5) is 4.39 Å². The van der Waals surface area contributed by atoms with Crippen LogP contribution in [0.2, 0.25) is 0 Å². The van der Waals surface area contributed by atoms with Crippen molar-refractivity contribution >= 4 is 11.6 Å². The molecule has 3 aromatic rings. The lowest BCUT2D eigenvalue weighted by atomic mass is 9.96. The van der Waals surface area contributed by atoms with Crippen LogP contribution >= 0.6 is 0 Å². The quantitative estimate of drug-likeness (QED) is 0.728. The van der Waals surface area contributed by atoms with E-state index in [1.807, 2.05) is 28.8 Å². The Morgan fingerprint density at radius 1 is 1.12 bits per heavy atom. The van der Waals surface area contributed by atoms with E-state index in [-0.39, 0.29) is 17.4 Å². The molecule has 1 unspecified atom stereocenters. The molecule has 4 rings (SSSR count). The normalized spacial score (nSPS) is 18.0. The smallest absolute Gasteiger partial charge is 0.256 e. The number of hydrogen-bond acceptors (Lipinski definition) is 3. The minimum Gasteiger partial charge on any atom is -0.338 e. The molecular formula is C18H17FN4O. The third-order valence-electron chi connectivity index (χ3n) is 4.52. The van der Waals surface area contributed by atoms with Crippen LogP contribution in [-0.2, 0) is 0 Å². The predicted octanol–water partition coefficient (Wildman–Crippen LogP) is 2.89. The maximum atomic E-state index is 13.9. The lowest BCUT2D eigenvalue weighted by Gasteiger charge is -2.32. The Labute approximate surface area is 138 Å². The van der Waals surface area contributed by atoms with Crippen LogP contribution in [0.1, 0.15) is 34.9 Å². The molecular weight excluding hydrogens is 307 g/mol. The highest BCUT2D eigenvalue weighted by molar-refractivity contribution is 5.94. The van der Waals surface area contributed by atoms with Gasteiger partial charge in [-0.3, -0.25) is 9.20 Å². The van der Waals surface area contributed by atoms with Crippen LogP contribution in [0.15, 0.2) is 48.7 Å². The van der Waals surface area contributed by atoms with E-state index in [1.54, 1.807) is 17.0 Å². The summed E-state index contributed by atoms with van der Waals surface area (Å²) >= 11 is 0. The maximum absolute atomic E-state index is 13.9. The topological polar surface area (TPSA) is 50.5 Å². The number of carbonyl (C=O) groups is 1. The fourth-order valence-electron chi connectivity index (χ4n) is 3.32. The van der Waals surface area contributed by atoms with Gasteiger partial charge in [0, 0.05) is 25.2 Å². The zero-order valence-electron chi connectivity index (χ0n) is 13.1. The van der Waals surface area contributed by atoms with Crippen LogP contribution in [0, 0.1) is 5.82 Å². The number of likely N-dealkylation sites (tertiary alicyclic amines) is 1. The lowest BCUT2D eigenvalue weighted by molar-refractivity contribution is 0.0699. The van der Waals surface area contributed by atoms with Crippen molar-refractivity contribution in [2.24, 2.45) is 0 Å². The predicted molar refractivity (Wildman–Crippen MR) is 87.3 cm³/mol. The highest BCUT2D eigenvalue weighted by Crippen LogP contribution is 2.27. The summed E-state index contributed by atoms with van der Waals surface area (Å²) in [6, 6.07) is 11.9. The van der Waals surface area contributed by atoms with E-state index in [9.17, 15) is 9.18 Å². The number of aromatic nitrogens is 3. The second kappa shape index (κ2) is 6.03. The first-order chi connectivity index (χ1) is 11.7. The van der Waals surface area contributed by atoms with Gasteiger partial charge in [-0.15, -0.1) is 10.2 Å². The first kappa shape index (κ1) is 14.8. The van der Waals surface area contributed by atoms with E-state index in [0.717, 1.165) is 24.3 Å². The Hall–Kier alpha value is -2.76. The highest BCUT2D eigenvalue weighted by Gasteiger charge is 2.29. The Morgan fingerprint density at radius 2 is 1.96 bits per heavy atom. The molecule has 1 aliphatic heterocycles. The van der Waals surface area contributed by atoms with E-state index in [0.29, 0.717) is 13.1 Å². The molecule has 3 heterocycles. The van der Waals surface area contributed by atoms with Crippen molar-refractivity contribution in [3.63, 3.8) is 0 Å². The molecule has 1 fully saturated rings. The number of piperidine rings is 1. The van der Waals surface area contributed by atoms with Crippen LogP contribution in [0.5, 0.6) is 0 Å².